The Bertz CT molecular complexity index is 971. The first-order valence-corrected chi connectivity index (χ1v) is 26.2. The second-order valence-corrected chi connectivity index (χ2v) is 18.7. The number of unbranched alkanes of at least 4 members (excludes halogenated alkanes) is 24. The van der Waals surface area contributed by atoms with Gasteiger partial charge in [0.1, 0.15) is 0 Å². The monoisotopic (exact) mass is 851 g/mol. The number of allylic oxidation sites excluding steroid dienone is 4. The molecule has 0 bridgehead atoms. The summed E-state index contributed by atoms with van der Waals surface area (Å²) in [6, 6.07) is 0. The molecule has 1 heterocycles. The van der Waals surface area contributed by atoms with Crippen LogP contribution in [0.5, 0.6) is 0 Å². The Morgan fingerprint density at radius 2 is 0.881 bits per heavy atom. The van der Waals surface area contributed by atoms with Crippen LogP contribution in [0, 0.1) is 0 Å². The number of likely N-dealkylation sites (tertiary alicyclic amines) is 1. The number of hydrogen-bond acceptors (Lipinski definition) is 8. The van der Waals surface area contributed by atoms with Crippen LogP contribution in [0.15, 0.2) is 24.3 Å². The maximum absolute atomic E-state index is 12.8. The summed E-state index contributed by atoms with van der Waals surface area (Å²) in [5.74, 6) is -0.415. The molecule has 1 unspecified atom stereocenters. The van der Waals surface area contributed by atoms with Crippen LogP contribution in [0.1, 0.15) is 219 Å². The van der Waals surface area contributed by atoms with Crippen LogP contribution in [-0.2, 0) is 34.3 Å². The normalized spacial score (nSPS) is 14.6. The molecule has 8 nitrogen and oxygen atoms in total. The summed E-state index contributed by atoms with van der Waals surface area (Å²) in [6.07, 6.45) is 46.7. The molecular formula is C50H94N2O6S. The molecule has 0 amide bonds. The quantitative estimate of drug-likeness (QED) is 0.0341. The molecule has 59 heavy (non-hydrogen) atoms. The van der Waals surface area contributed by atoms with Crippen LogP contribution in [0.4, 0.5) is 0 Å². The smallest absolute Gasteiger partial charge is 0.307 e. The maximum Gasteiger partial charge on any atom is 0.307 e. The first kappa shape index (κ1) is 55.5. The summed E-state index contributed by atoms with van der Waals surface area (Å²) in [6.45, 7) is 9.07. The van der Waals surface area contributed by atoms with E-state index in [1.807, 2.05) is 4.90 Å². The molecule has 9 heteroatoms. The van der Waals surface area contributed by atoms with Crippen molar-refractivity contribution in [1.82, 2.24) is 9.80 Å². The van der Waals surface area contributed by atoms with Crippen LogP contribution >= 0.6 is 0 Å². The van der Waals surface area contributed by atoms with Gasteiger partial charge in [-0.15, -0.1) is 0 Å². The summed E-state index contributed by atoms with van der Waals surface area (Å²) >= 11 is -1.33. The lowest BCUT2D eigenvalue weighted by Crippen LogP contribution is -2.36. The van der Waals surface area contributed by atoms with E-state index in [0.717, 1.165) is 51.6 Å². The molecule has 1 atom stereocenters. The van der Waals surface area contributed by atoms with Crippen LogP contribution in [0.25, 0.3) is 0 Å². The molecule has 1 saturated heterocycles. The number of ether oxygens (including phenoxy) is 2. The van der Waals surface area contributed by atoms with Gasteiger partial charge in [-0.1, -0.05) is 154 Å². The SMILES string of the molecule is CCCCCCCC/C=C\CCCCCCCCOC(=O)CCN(CCOS(=O)C1CCN(C)CC1)CCC(=O)OCCCCCCCC/C=C\CCCCCCCC. The molecule has 0 N–H and O–H groups in total. The van der Waals surface area contributed by atoms with E-state index in [1.54, 1.807) is 0 Å². The molecule has 1 rings (SSSR count). The first-order chi connectivity index (χ1) is 29.0. The molecule has 0 aliphatic carbocycles. The van der Waals surface area contributed by atoms with Gasteiger partial charge in [-0.3, -0.25) is 18.7 Å². The summed E-state index contributed by atoms with van der Waals surface area (Å²) in [4.78, 5) is 29.5. The third kappa shape index (κ3) is 37.9. The number of carbonyl (C=O) groups excluding carboxylic acids is 2. The molecule has 0 aromatic heterocycles. The van der Waals surface area contributed by atoms with Gasteiger partial charge in [0.15, 0.2) is 11.1 Å². The lowest BCUT2D eigenvalue weighted by atomic mass is 10.1. The highest BCUT2D eigenvalue weighted by atomic mass is 32.2. The zero-order valence-electron chi connectivity index (χ0n) is 38.9. The van der Waals surface area contributed by atoms with Crippen LogP contribution in [0.2, 0.25) is 0 Å². The van der Waals surface area contributed by atoms with Crippen molar-refractivity contribution in [2.45, 2.75) is 225 Å². The van der Waals surface area contributed by atoms with Crippen molar-refractivity contribution in [3.8, 4) is 0 Å². The third-order valence-corrected chi connectivity index (χ3v) is 13.1. The molecule has 0 aromatic rings. The van der Waals surface area contributed by atoms with Gasteiger partial charge < -0.3 is 14.4 Å². The minimum atomic E-state index is -1.33. The summed E-state index contributed by atoms with van der Waals surface area (Å²) < 4.78 is 29.7. The van der Waals surface area contributed by atoms with E-state index in [1.165, 1.54) is 154 Å². The fourth-order valence-corrected chi connectivity index (χ4v) is 8.60. The van der Waals surface area contributed by atoms with E-state index in [4.69, 9.17) is 13.7 Å². The predicted octanol–water partition coefficient (Wildman–Crippen LogP) is 13.0. The van der Waals surface area contributed by atoms with Gasteiger partial charge in [0.2, 0.25) is 0 Å². The number of hydrogen-bond donors (Lipinski definition) is 0. The van der Waals surface area contributed by atoms with Crippen molar-refractivity contribution in [3.05, 3.63) is 24.3 Å². The van der Waals surface area contributed by atoms with Gasteiger partial charge >= 0.3 is 11.9 Å². The Balaban J connectivity index is 2.20. The Morgan fingerprint density at radius 3 is 1.27 bits per heavy atom. The second-order valence-electron chi connectivity index (χ2n) is 17.2. The zero-order valence-corrected chi connectivity index (χ0v) is 39.7. The molecule has 0 spiro atoms. The molecule has 0 saturated carbocycles. The van der Waals surface area contributed by atoms with Crippen LogP contribution in [-0.4, -0.2) is 90.8 Å². The molecule has 346 valence electrons. The Kier molecular flexibility index (Phi) is 40.5. The fourth-order valence-electron chi connectivity index (χ4n) is 7.57. The van der Waals surface area contributed by atoms with Gasteiger partial charge in [-0.05, 0) is 97.2 Å². The largest absolute Gasteiger partial charge is 0.466 e. The minimum absolute atomic E-state index is 0.0630. The number of esters is 2. The van der Waals surface area contributed by atoms with Gasteiger partial charge in [0.05, 0.1) is 37.9 Å². The highest BCUT2D eigenvalue weighted by Gasteiger charge is 2.23. The van der Waals surface area contributed by atoms with Crippen molar-refractivity contribution < 1.29 is 27.5 Å². The summed E-state index contributed by atoms with van der Waals surface area (Å²) in [5.41, 5.74) is 0. The molecule has 0 aromatic carbocycles. The predicted molar refractivity (Wildman–Crippen MR) is 251 cm³/mol. The number of rotatable bonds is 43. The summed E-state index contributed by atoms with van der Waals surface area (Å²) in [5, 5.41) is 0.0630. The second kappa shape index (κ2) is 43.1. The average molecular weight is 851 g/mol. The van der Waals surface area contributed by atoms with E-state index < -0.39 is 11.1 Å². The molecule has 1 aliphatic rings. The number of nitrogens with zero attached hydrogens (tertiary/aromatic N) is 2. The zero-order chi connectivity index (χ0) is 42.7. The highest BCUT2D eigenvalue weighted by molar-refractivity contribution is 7.80. The third-order valence-electron chi connectivity index (χ3n) is 11.6. The maximum atomic E-state index is 12.8. The van der Waals surface area contributed by atoms with E-state index in [2.05, 4.69) is 50.1 Å². The Labute approximate surface area is 367 Å². The van der Waals surface area contributed by atoms with Crippen LogP contribution in [0.3, 0.4) is 0 Å². The van der Waals surface area contributed by atoms with Crippen molar-refractivity contribution in [2.24, 2.45) is 0 Å². The van der Waals surface area contributed by atoms with Crippen molar-refractivity contribution >= 4 is 23.0 Å². The minimum Gasteiger partial charge on any atom is -0.466 e. The Hall–Kier alpha value is -1.55. The molecule has 1 fully saturated rings. The lowest BCUT2D eigenvalue weighted by Gasteiger charge is -2.28. The molecule has 0 radical (unpaired) electrons. The van der Waals surface area contributed by atoms with Crippen LogP contribution < -0.4 is 0 Å². The van der Waals surface area contributed by atoms with E-state index in [0.29, 0.717) is 39.5 Å². The number of carbonyl (C=O) groups is 2. The van der Waals surface area contributed by atoms with E-state index in [9.17, 15) is 13.8 Å². The average Bonchev–Trinajstić information content (AvgIpc) is 3.24. The molecular weight excluding hydrogens is 757 g/mol. The van der Waals surface area contributed by atoms with E-state index in [-0.39, 0.29) is 30.0 Å². The van der Waals surface area contributed by atoms with Crippen molar-refractivity contribution in [1.29, 1.82) is 0 Å². The van der Waals surface area contributed by atoms with E-state index >= 15 is 0 Å². The van der Waals surface area contributed by atoms with Gasteiger partial charge in [0.25, 0.3) is 0 Å². The highest BCUT2D eigenvalue weighted by Crippen LogP contribution is 2.16. The van der Waals surface area contributed by atoms with Gasteiger partial charge in [-0.2, -0.15) is 0 Å². The molecule has 1 aliphatic heterocycles. The number of piperidine rings is 1. The first-order valence-electron chi connectivity index (χ1n) is 25.0. The Morgan fingerprint density at radius 1 is 0.525 bits per heavy atom. The summed E-state index contributed by atoms with van der Waals surface area (Å²) in [7, 11) is 2.09. The van der Waals surface area contributed by atoms with Crippen molar-refractivity contribution in [2.75, 3.05) is 59.6 Å². The van der Waals surface area contributed by atoms with Gasteiger partial charge in [-0.25, -0.2) is 4.21 Å². The fraction of sp³-hybridized carbons (Fsp3) is 0.880. The van der Waals surface area contributed by atoms with Crippen molar-refractivity contribution in [3.63, 3.8) is 0 Å². The topological polar surface area (TPSA) is 85.4 Å². The lowest BCUT2D eigenvalue weighted by molar-refractivity contribution is -0.144. The standard InChI is InChI=1S/C50H94N2O6S/c1-4-6-8-10-12-14-16-18-20-22-24-26-28-30-32-34-45-56-49(53)38-42-52(44-47-58-59(55)48-36-40-51(3)41-37-48)43-39-50(54)57-46-35-33-31-29-27-25-23-21-19-17-15-13-11-9-7-5-2/h18-21,48H,4-17,22-47H2,1-3H3/b20-18-,21-19-. The van der Waals surface area contributed by atoms with Gasteiger partial charge in [0, 0.05) is 19.6 Å².